The fourth-order valence-electron chi connectivity index (χ4n) is 3.25. The highest BCUT2D eigenvalue weighted by Crippen LogP contribution is 2.36. The molecule has 1 N–H and O–H groups in total. The molecule has 0 radical (unpaired) electrons. The predicted molar refractivity (Wildman–Crippen MR) is 111 cm³/mol. The molecule has 7 nitrogen and oxygen atoms in total. The first kappa shape index (κ1) is 20.8. The zero-order chi connectivity index (χ0) is 21.0. The number of amides is 2. The van der Waals surface area contributed by atoms with Gasteiger partial charge in [-0.05, 0) is 37.3 Å². The first-order chi connectivity index (χ1) is 14.0. The quantitative estimate of drug-likeness (QED) is 0.741. The Morgan fingerprint density at radius 1 is 1.14 bits per heavy atom. The van der Waals surface area contributed by atoms with Crippen molar-refractivity contribution in [2.75, 3.05) is 37.6 Å². The first-order valence-electron chi connectivity index (χ1n) is 9.22. The lowest BCUT2D eigenvalue weighted by Crippen LogP contribution is -2.28. The van der Waals surface area contributed by atoms with E-state index in [1.165, 1.54) is 19.1 Å². The number of benzene rings is 2. The van der Waals surface area contributed by atoms with Gasteiger partial charge in [-0.25, -0.2) is 0 Å². The molecule has 0 bridgehead atoms. The lowest BCUT2D eigenvalue weighted by Gasteiger charge is -2.20. The van der Waals surface area contributed by atoms with Gasteiger partial charge < -0.3 is 24.4 Å². The highest BCUT2D eigenvalue weighted by molar-refractivity contribution is 6.31. The Morgan fingerprint density at radius 3 is 2.55 bits per heavy atom. The van der Waals surface area contributed by atoms with Crippen molar-refractivity contribution < 1.29 is 23.8 Å². The van der Waals surface area contributed by atoms with Crippen LogP contribution < -0.4 is 24.4 Å². The predicted octanol–water partition coefficient (Wildman–Crippen LogP) is 3.75. The molecule has 0 saturated carbocycles. The summed E-state index contributed by atoms with van der Waals surface area (Å²) in [5, 5.41) is 3.34. The third-order valence-corrected chi connectivity index (χ3v) is 4.89. The number of anilines is 2. The van der Waals surface area contributed by atoms with E-state index in [2.05, 4.69) is 5.32 Å². The van der Waals surface area contributed by atoms with Crippen molar-refractivity contribution in [1.82, 2.24) is 0 Å². The van der Waals surface area contributed by atoms with Crippen LogP contribution in [0.2, 0.25) is 5.02 Å². The minimum absolute atomic E-state index is 0.107. The molecule has 2 aromatic carbocycles. The molecule has 29 heavy (non-hydrogen) atoms. The summed E-state index contributed by atoms with van der Waals surface area (Å²) in [4.78, 5) is 26.8. The Hall–Kier alpha value is -2.93. The van der Waals surface area contributed by atoms with E-state index in [-0.39, 0.29) is 24.8 Å². The zero-order valence-electron chi connectivity index (χ0n) is 16.5. The number of nitrogens with zero attached hydrogens (tertiary/aromatic N) is 1. The summed E-state index contributed by atoms with van der Waals surface area (Å²) in [7, 11) is 3.06. The molecule has 2 aromatic rings. The number of nitrogens with one attached hydrogen (secondary N) is 1. The van der Waals surface area contributed by atoms with Crippen LogP contribution in [0.4, 0.5) is 11.4 Å². The van der Waals surface area contributed by atoms with Gasteiger partial charge in [0.1, 0.15) is 5.75 Å². The van der Waals surface area contributed by atoms with E-state index in [9.17, 15) is 9.59 Å². The number of halogens is 1. The van der Waals surface area contributed by atoms with Gasteiger partial charge in [-0.1, -0.05) is 11.6 Å². The highest BCUT2D eigenvalue weighted by Gasteiger charge is 2.36. The van der Waals surface area contributed by atoms with Gasteiger partial charge in [0.25, 0.3) is 0 Å². The van der Waals surface area contributed by atoms with Gasteiger partial charge >= 0.3 is 0 Å². The van der Waals surface area contributed by atoms with Crippen LogP contribution in [0.15, 0.2) is 36.4 Å². The summed E-state index contributed by atoms with van der Waals surface area (Å²) in [6, 6.07) is 10.2. The Morgan fingerprint density at radius 2 is 1.86 bits per heavy atom. The molecule has 0 aromatic heterocycles. The second kappa shape index (κ2) is 9.05. The molecule has 2 amide bonds. The smallest absolute Gasteiger partial charge is 0.229 e. The van der Waals surface area contributed by atoms with Crippen LogP contribution >= 0.6 is 11.6 Å². The lowest BCUT2D eigenvalue weighted by atomic mass is 10.1. The van der Waals surface area contributed by atoms with Gasteiger partial charge in [0.15, 0.2) is 11.5 Å². The lowest BCUT2D eigenvalue weighted by molar-refractivity contribution is -0.122. The molecular formula is C21H23ClN2O5. The molecule has 1 saturated heterocycles. The Bertz CT molecular complexity index is 918. The number of methoxy groups -OCH3 is 2. The molecule has 3 rings (SSSR count). The van der Waals surface area contributed by atoms with Crippen LogP contribution in [0, 0.1) is 5.92 Å². The van der Waals surface area contributed by atoms with Crippen molar-refractivity contribution in [3.8, 4) is 17.2 Å². The average molecular weight is 419 g/mol. The van der Waals surface area contributed by atoms with E-state index in [1.807, 2.05) is 6.92 Å². The van der Waals surface area contributed by atoms with Gasteiger partial charge in [0, 0.05) is 29.7 Å². The standard InChI is InChI=1S/C21H23ClN2O5/c1-4-29-18-8-6-15(11-19(18)28-3)23-21(26)13-9-20(25)24(12-13)16-10-14(22)5-7-17(16)27-2/h5-8,10-11,13H,4,9,12H2,1-3H3,(H,23,26). The Balaban J connectivity index is 1.73. The van der Waals surface area contributed by atoms with Gasteiger partial charge in [-0.15, -0.1) is 0 Å². The molecule has 0 spiro atoms. The number of carbonyl (C=O) groups excluding carboxylic acids is 2. The summed E-state index contributed by atoms with van der Waals surface area (Å²) in [6.45, 7) is 2.64. The van der Waals surface area contributed by atoms with Gasteiger partial charge in [0.2, 0.25) is 11.8 Å². The van der Waals surface area contributed by atoms with E-state index in [0.717, 1.165) is 0 Å². The van der Waals surface area contributed by atoms with Crippen LogP contribution in [-0.2, 0) is 9.59 Å². The van der Waals surface area contributed by atoms with Crippen LogP contribution in [0.25, 0.3) is 0 Å². The molecule has 1 aliphatic rings. The van der Waals surface area contributed by atoms with Crippen molar-refractivity contribution in [3.63, 3.8) is 0 Å². The molecule has 8 heteroatoms. The third kappa shape index (κ3) is 4.56. The van der Waals surface area contributed by atoms with Gasteiger partial charge in [-0.3, -0.25) is 9.59 Å². The normalized spacial score (nSPS) is 15.9. The molecule has 0 aliphatic carbocycles. The minimum atomic E-state index is -0.497. The Kier molecular flexibility index (Phi) is 6.49. The fourth-order valence-corrected chi connectivity index (χ4v) is 3.42. The third-order valence-electron chi connectivity index (χ3n) is 4.66. The number of hydrogen-bond donors (Lipinski definition) is 1. The molecule has 154 valence electrons. The molecule has 1 unspecified atom stereocenters. The largest absolute Gasteiger partial charge is 0.495 e. The number of rotatable bonds is 7. The van der Waals surface area contributed by atoms with Crippen LogP contribution in [-0.4, -0.2) is 39.2 Å². The maximum atomic E-state index is 12.7. The van der Waals surface area contributed by atoms with E-state index < -0.39 is 5.92 Å². The van der Waals surface area contributed by atoms with Gasteiger partial charge in [0.05, 0.1) is 32.4 Å². The van der Waals surface area contributed by atoms with Crippen molar-refractivity contribution in [1.29, 1.82) is 0 Å². The van der Waals surface area contributed by atoms with Crippen molar-refractivity contribution in [2.45, 2.75) is 13.3 Å². The summed E-state index contributed by atoms with van der Waals surface area (Å²) >= 11 is 6.08. The second-order valence-electron chi connectivity index (χ2n) is 6.51. The van der Waals surface area contributed by atoms with E-state index in [1.54, 1.807) is 36.4 Å². The van der Waals surface area contributed by atoms with Crippen LogP contribution in [0.1, 0.15) is 13.3 Å². The van der Waals surface area contributed by atoms with Crippen LogP contribution in [0.5, 0.6) is 17.2 Å². The summed E-state index contributed by atoms with van der Waals surface area (Å²) < 4.78 is 16.1. The molecule has 1 aliphatic heterocycles. The van der Waals surface area contributed by atoms with E-state index in [4.69, 9.17) is 25.8 Å². The van der Waals surface area contributed by atoms with E-state index >= 15 is 0 Å². The SMILES string of the molecule is CCOc1ccc(NC(=O)C2CC(=O)N(c3cc(Cl)ccc3OC)C2)cc1OC. The minimum Gasteiger partial charge on any atom is -0.495 e. The Labute approximate surface area is 174 Å². The molecule has 1 fully saturated rings. The van der Waals surface area contributed by atoms with Crippen LogP contribution in [0.3, 0.4) is 0 Å². The van der Waals surface area contributed by atoms with Gasteiger partial charge in [-0.2, -0.15) is 0 Å². The first-order valence-corrected chi connectivity index (χ1v) is 9.60. The van der Waals surface area contributed by atoms with Crippen molar-refractivity contribution in [2.24, 2.45) is 5.92 Å². The second-order valence-corrected chi connectivity index (χ2v) is 6.95. The summed E-state index contributed by atoms with van der Waals surface area (Å²) in [6.07, 6.45) is 0.107. The highest BCUT2D eigenvalue weighted by atomic mass is 35.5. The fraction of sp³-hybridized carbons (Fsp3) is 0.333. The molecular weight excluding hydrogens is 396 g/mol. The van der Waals surface area contributed by atoms with Crippen molar-refractivity contribution in [3.05, 3.63) is 41.4 Å². The summed E-state index contributed by atoms with van der Waals surface area (Å²) in [5.74, 6) is 0.757. The zero-order valence-corrected chi connectivity index (χ0v) is 17.3. The number of carbonyl (C=O) groups is 2. The number of ether oxygens (including phenoxy) is 3. The topological polar surface area (TPSA) is 77.1 Å². The average Bonchev–Trinajstić information content (AvgIpc) is 3.11. The monoisotopic (exact) mass is 418 g/mol. The molecule has 1 atom stereocenters. The maximum absolute atomic E-state index is 12.7. The molecule has 1 heterocycles. The maximum Gasteiger partial charge on any atom is 0.229 e. The van der Waals surface area contributed by atoms with Crippen molar-refractivity contribution >= 4 is 34.8 Å². The number of hydrogen-bond acceptors (Lipinski definition) is 5. The van der Waals surface area contributed by atoms with E-state index in [0.29, 0.717) is 40.3 Å². The summed E-state index contributed by atoms with van der Waals surface area (Å²) in [5.41, 5.74) is 1.13.